The van der Waals surface area contributed by atoms with Crippen LogP contribution in [0.1, 0.15) is 31.1 Å². The highest BCUT2D eigenvalue weighted by Gasteiger charge is 2.39. The Labute approximate surface area is 272 Å². The third kappa shape index (κ3) is 6.87. The SMILES string of the molecule is Cc1c(-c2cnc3c(cnn3C)c2)nn(-c2ccccc2)c1NC(=O)N[C@@H]1CN(CC(C)(C)CN(C)C)O[C@H]1c1ccc(F)c(F)c1. The van der Waals surface area contributed by atoms with Crippen LogP contribution >= 0.6 is 0 Å². The zero-order chi connectivity index (χ0) is 33.5. The minimum atomic E-state index is -0.977. The molecule has 47 heavy (non-hydrogen) atoms. The first-order chi connectivity index (χ1) is 22.4. The summed E-state index contributed by atoms with van der Waals surface area (Å²) in [6.45, 7) is 7.85. The molecule has 2 atom stereocenters. The normalized spacial score (nSPS) is 17.1. The number of carbonyl (C=O) groups is 1. The van der Waals surface area contributed by atoms with Gasteiger partial charge in [-0.2, -0.15) is 15.3 Å². The van der Waals surface area contributed by atoms with E-state index in [2.05, 4.69) is 39.5 Å². The van der Waals surface area contributed by atoms with Crippen molar-refractivity contribution in [2.24, 2.45) is 12.5 Å². The second kappa shape index (κ2) is 12.8. The van der Waals surface area contributed by atoms with Gasteiger partial charge < -0.3 is 10.2 Å². The number of para-hydroxylation sites is 1. The zero-order valence-electron chi connectivity index (χ0n) is 27.3. The fourth-order valence-corrected chi connectivity index (χ4v) is 6.34. The second-order valence-corrected chi connectivity index (χ2v) is 13.1. The smallest absolute Gasteiger partial charge is 0.320 e. The van der Waals surface area contributed by atoms with Gasteiger partial charge in [0.2, 0.25) is 0 Å². The van der Waals surface area contributed by atoms with Crippen LogP contribution in [-0.4, -0.2) is 80.3 Å². The molecule has 3 aromatic heterocycles. The van der Waals surface area contributed by atoms with E-state index in [1.807, 2.05) is 64.5 Å². The van der Waals surface area contributed by atoms with Crippen molar-refractivity contribution >= 4 is 22.9 Å². The molecule has 13 heteroatoms. The Bertz CT molecular complexity index is 1900. The summed E-state index contributed by atoms with van der Waals surface area (Å²) in [6.07, 6.45) is 2.76. The van der Waals surface area contributed by atoms with Crippen LogP contribution in [0.4, 0.5) is 19.4 Å². The minimum absolute atomic E-state index is 0.150. The van der Waals surface area contributed by atoms with Crippen molar-refractivity contribution < 1.29 is 18.4 Å². The molecule has 4 heterocycles. The van der Waals surface area contributed by atoms with Gasteiger partial charge in [0.1, 0.15) is 11.9 Å². The third-order valence-corrected chi connectivity index (χ3v) is 8.17. The molecule has 0 radical (unpaired) electrons. The Balaban J connectivity index is 1.29. The number of benzene rings is 2. The molecular weight excluding hydrogens is 604 g/mol. The van der Waals surface area contributed by atoms with Crippen molar-refractivity contribution in [1.82, 2.24) is 39.8 Å². The number of hydrogen-bond donors (Lipinski definition) is 2. The first kappa shape index (κ1) is 32.2. The van der Waals surface area contributed by atoms with E-state index in [9.17, 15) is 13.6 Å². The van der Waals surface area contributed by atoms with Gasteiger partial charge in [-0.05, 0) is 62.3 Å². The van der Waals surface area contributed by atoms with Gasteiger partial charge in [-0.15, -0.1) is 0 Å². The molecule has 1 aliphatic rings. The third-order valence-electron chi connectivity index (χ3n) is 8.17. The maximum absolute atomic E-state index is 14.3. The fourth-order valence-electron chi connectivity index (χ4n) is 6.34. The maximum Gasteiger partial charge on any atom is 0.320 e. The summed E-state index contributed by atoms with van der Waals surface area (Å²) in [5.41, 5.74) is 3.95. The largest absolute Gasteiger partial charge is 0.331 e. The van der Waals surface area contributed by atoms with E-state index in [-0.39, 0.29) is 5.41 Å². The van der Waals surface area contributed by atoms with Gasteiger partial charge in [0.15, 0.2) is 17.3 Å². The number of halogens is 2. The van der Waals surface area contributed by atoms with Gasteiger partial charge in [-0.25, -0.2) is 23.2 Å². The molecule has 1 saturated heterocycles. The quantitative estimate of drug-likeness (QED) is 0.219. The van der Waals surface area contributed by atoms with E-state index >= 15 is 0 Å². The number of fused-ring (bicyclic) bond motifs is 1. The first-order valence-electron chi connectivity index (χ1n) is 15.4. The van der Waals surface area contributed by atoms with Crippen LogP contribution in [0, 0.1) is 24.0 Å². The van der Waals surface area contributed by atoms with Gasteiger partial charge >= 0.3 is 6.03 Å². The number of amides is 2. The highest BCUT2D eigenvalue weighted by atomic mass is 19.2. The lowest BCUT2D eigenvalue weighted by Gasteiger charge is -2.31. The van der Waals surface area contributed by atoms with Crippen LogP contribution in [0.2, 0.25) is 0 Å². The average Bonchev–Trinajstić information content (AvgIpc) is 3.68. The highest BCUT2D eigenvalue weighted by molar-refractivity contribution is 5.91. The number of aromatic nitrogens is 5. The van der Waals surface area contributed by atoms with Crippen molar-refractivity contribution in [3.63, 3.8) is 0 Å². The molecule has 6 rings (SSSR count). The molecule has 0 unspecified atom stereocenters. The van der Waals surface area contributed by atoms with Crippen LogP contribution in [0.15, 0.2) is 67.0 Å². The summed E-state index contributed by atoms with van der Waals surface area (Å²) in [4.78, 5) is 26.7. The van der Waals surface area contributed by atoms with Crippen LogP contribution < -0.4 is 10.6 Å². The number of carbonyl (C=O) groups excluding carboxylic acids is 1. The molecular formula is C34H39F2N9O2. The predicted molar refractivity (Wildman–Crippen MR) is 176 cm³/mol. The average molecular weight is 644 g/mol. The van der Waals surface area contributed by atoms with E-state index in [0.717, 1.165) is 46.5 Å². The molecule has 11 nitrogen and oxygen atoms in total. The number of anilines is 1. The summed E-state index contributed by atoms with van der Waals surface area (Å²) in [5, 5.41) is 17.9. The van der Waals surface area contributed by atoms with Crippen LogP contribution in [-0.2, 0) is 11.9 Å². The monoisotopic (exact) mass is 643 g/mol. The summed E-state index contributed by atoms with van der Waals surface area (Å²) < 4.78 is 31.6. The van der Waals surface area contributed by atoms with Crippen molar-refractivity contribution in [2.45, 2.75) is 32.9 Å². The number of hydrogen-bond acceptors (Lipinski definition) is 7. The molecule has 0 bridgehead atoms. The molecule has 0 saturated carbocycles. The van der Waals surface area contributed by atoms with Gasteiger partial charge in [0, 0.05) is 49.4 Å². The van der Waals surface area contributed by atoms with Crippen LogP contribution in [0.25, 0.3) is 28.0 Å². The lowest BCUT2D eigenvalue weighted by Crippen LogP contribution is -2.44. The lowest BCUT2D eigenvalue weighted by molar-refractivity contribution is -0.164. The molecule has 2 aromatic carbocycles. The van der Waals surface area contributed by atoms with E-state index in [1.165, 1.54) is 6.07 Å². The summed E-state index contributed by atoms with van der Waals surface area (Å²) in [7, 11) is 5.85. The van der Waals surface area contributed by atoms with E-state index < -0.39 is 29.8 Å². The minimum Gasteiger partial charge on any atom is -0.331 e. The van der Waals surface area contributed by atoms with E-state index in [1.54, 1.807) is 26.8 Å². The molecule has 0 spiro atoms. The summed E-state index contributed by atoms with van der Waals surface area (Å²) in [6, 6.07) is 14.1. The Hall–Kier alpha value is -4.72. The topological polar surface area (TPSA) is 105 Å². The van der Waals surface area contributed by atoms with E-state index in [0.29, 0.717) is 30.2 Å². The number of nitrogens with zero attached hydrogens (tertiary/aromatic N) is 7. The predicted octanol–water partition coefficient (Wildman–Crippen LogP) is 5.47. The van der Waals surface area contributed by atoms with Gasteiger partial charge in [-0.3, -0.25) is 14.8 Å². The number of pyridine rings is 1. The Morgan fingerprint density at radius 1 is 1.09 bits per heavy atom. The molecule has 5 aromatic rings. The number of nitrogens with one attached hydrogen (secondary N) is 2. The number of aryl methyl sites for hydroxylation is 1. The van der Waals surface area contributed by atoms with E-state index in [4.69, 9.17) is 9.94 Å². The molecule has 246 valence electrons. The van der Waals surface area contributed by atoms with Gasteiger partial charge in [0.05, 0.1) is 23.6 Å². The highest BCUT2D eigenvalue weighted by Crippen LogP contribution is 2.34. The van der Waals surface area contributed by atoms with Crippen molar-refractivity contribution in [2.75, 3.05) is 39.0 Å². The molecule has 2 N–H and O–H groups in total. The summed E-state index contributed by atoms with van der Waals surface area (Å²) in [5.74, 6) is -1.45. The molecule has 2 amide bonds. The van der Waals surface area contributed by atoms with Gasteiger partial charge in [-0.1, -0.05) is 38.1 Å². The first-order valence-corrected chi connectivity index (χ1v) is 15.4. The standard InChI is InChI=1S/C34H39F2N9O2/c1-21-29(23-14-24-17-38-43(6)32(24)37-16-23)41-45(25-10-8-7-9-11-25)31(21)40-33(46)39-28-18-44(20-34(2,3)19-42(4)5)47-30(28)22-12-13-26(35)27(36)15-22/h7-17,28,30H,18-20H2,1-6H3,(H2,39,40,46)/t28-,30+/m1/s1. The van der Waals surface area contributed by atoms with Gasteiger partial charge in [0.25, 0.3) is 0 Å². The van der Waals surface area contributed by atoms with Crippen LogP contribution in [0.3, 0.4) is 0 Å². The summed E-state index contributed by atoms with van der Waals surface area (Å²) >= 11 is 0. The maximum atomic E-state index is 14.3. The zero-order valence-corrected chi connectivity index (χ0v) is 27.3. The van der Waals surface area contributed by atoms with Crippen molar-refractivity contribution in [3.05, 3.63) is 89.8 Å². The second-order valence-electron chi connectivity index (χ2n) is 13.1. The molecule has 1 fully saturated rings. The Kier molecular flexibility index (Phi) is 8.79. The number of rotatable bonds is 9. The Morgan fingerprint density at radius 3 is 2.57 bits per heavy atom. The fraction of sp³-hybridized carbons (Fsp3) is 0.353. The Morgan fingerprint density at radius 2 is 1.85 bits per heavy atom. The number of hydroxylamine groups is 2. The number of urea groups is 1. The van der Waals surface area contributed by atoms with Crippen LogP contribution in [0.5, 0.6) is 0 Å². The molecule has 0 aliphatic carbocycles. The van der Waals surface area contributed by atoms with Crippen molar-refractivity contribution in [1.29, 1.82) is 0 Å². The molecule has 1 aliphatic heterocycles. The lowest BCUT2D eigenvalue weighted by atomic mass is 9.92. The van der Waals surface area contributed by atoms with Crippen molar-refractivity contribution in [3.8, 4) is 16.9 Å².